The van der Waals surface area contributed by atoms with Crippen LogP contribution in [0.2, 0.25) is 0 Å². The maximum atomic E-state index is 13.9. The summed E-state index contributed by atoms with van der Waals surface area (Å²) >= 11 is 0. The standard InChI is InChI=1S/C16H13FN4O2/c17-13-6-2-1-5-11(13)15-12(9-19-21-15)16(23)18-8-10-4-3-7-14(22)20-10/h1-7,9H,8H2,(H,18,23)(H,19,21)(H,20,22). The lowest BCUT2D eigenvalue weighted by atomic mass is 10.1. The molecule has 2 heterocycles. The predicted molar refractivity (Wildman–Crippen MR) is 82.2 cm³/mol. The second-order valence-electron chi connectivity index (χ2n) is 4.86. The summed E-state index contributed by atoms with van der Waals surface area (Å²) in [5, 5.41) is 9.13. The van der Waals surface area contributed by atoms with Gasteiger partial charge in [0.1, 0.15) is 5.82 Å². The van der Waals surface area contributed by atoms with Crippen LogP contribution >= 0.6 is 0 Å². The molecule has 0 bridgehead atoms. The van der Waals surface area contributed by atoms with E-state index in [-0.39, 0.29) is 23.2 Å². The molecule has 3 N–H and O–H groups in total. The summed E-state index contributed by atoms with van der Waals surface area (Å²) in [6.45, 7) is 0.150. The number of nitrogens with one attached hydrogen (secondary N) is 3. The number of hydrogen-bond donors (Lipinski definition) is 3. The zero-order valence-corrected chi connectivity index (χ0v) is 12.0. The van der Waals surface area contributed by atoms with Crippen molar-refractivity contribution in [3.8, 4) is 11.3 Å². The fourth-order valence-corrected chi connectivity index (χ4v) is 2.19. The lowest BCUT2D eigenvalue weighted by Crippen LogP contribution is -2.24. The number of H-pyrrole nitrogens is 2. The highest BCUT2D eigenvalue weighted by atomic mass is 19.1. The third kappa shape index (κ3) is 3.18. The van der Waals surface area contributed by atoms with Gasteiger partial charge in [-0.2, -0.15) is 5.10 Å². The first kappa shape index (κ1) is 14.7. The molecule has 3 rings (SSSR count). The highest BCUT2D eigenvalue weighted by molar-refractivity contribution is 5.99. The number of aromatic amines is 2. The third-order valence-electron chi connectivity index (χ3n) is 3.30. The maximum absolute atomic E-state index is 13.9. The van der Waals surface area contributed by atoms with Gasteiger partial charge in [0.05, 0.1) is 24.0 Å². The van der Waals surface area contributed by atoms with E-state index in [1.54, 1.807) is 30.3 Å². The van der Waals surface area contributed by atoms with Crippen molar-refractivity contribution in [2.75, 3.05) is 0 Å². The molecule has 0 atom stereocenters. The minimum atomic E-state index is -0.446. The summed E-state index contributed by atoms with van der Waals surface area (Å²) in [5.41, 5.74) is 1.13. The molecule has 0 aliphatic heterocycles. The van der Waals surface area contributed by atoms with E-state index >= 15 is 0 Å². The first-order chi connectivity index (χ1) is 11.1. The Morgan fingerprint density at radius 2 is 2.00 bits per heavy atom. The van der Waals surface area contributed by atoms with E-state index in [1.807, 2.05) is 0 Å². The van der Waals surface area contributed by atoms with Crippen LogP contribution in [0.4, 0.5) is 4.39 Å². The van der Waals surface area contributed by atoms with Crippen LogP contribution in [0, 0.1) is 5.82 Å². The molecule has 0 radical (unpaired) electrons. The number of benzene rings is 1. The summed E-state index contributed by atoms with van der Waals surface area (Å²) in [4.78, 5) is 26.1. The van der Waals surface area contributed by atoms with Gasteiger partial charge in [-0.3, -0.25) is 14.7 Å². The maximum Gasteiger partial charge on any atom is 0.255 e. The first-order valence-electron chi connectivity index (χ1n) is 6.90. The van der Waals surface area contributed by atoms with Gasteiger partial charge in [0.2, 0.25) is 5.56 Å². The fraction of sp³-hybridized carbons (Fsp3) is 0.0625. The molecule has 0 aliphatic carbocycles. The Labute approximate surface area is 130 Å². The fourth-order valence-electron chi connectivity index (χ4n) is 2.19. The Morgan fingerprint density at radius 3 is 2.78 bits per heavy atom. The summed E-state index contributed by atoms with van der Waals surface area (Å²) < 4.78 is 13.9. The van der Waals surface area contributed by atoms with E-state index < -0.39 is 11.7 Å². The number of carbonyl (C=O) groups is 1. The number of hydrogen-bond acceptors (Lipinski definition) is 3. The van der Waals surface area contributed by atoms with Gasteiger partial charge < -0.3 is 10.3 Å². The Morgan fingerprint density at radius 1 is 1.17 bits per heavy atom. The Balaban J connectivity index is 1.80. The van der Waals surface area contributed by atoms with Crippen molar-refractivity contribution >= 4 is 5.91 Å². The van der Waals surface area contributed by atoms with Crippen LogP contribution in [0.25, 0.3) is 11.3 Å². The van der Waals surface area contributed by atoms with Crippen molar-refractivity contribution in [2.45, 2.75) is 6.54 Å². The van der Waals surface area contributed by atoms with Gasteiger partial charge in [0, 0.05) is 17.3 Å². The third-order valence-corrected chi connectivity index (χ3v) is 3.30. The summed E-state index contributed by atoms with van der Waals surface area (Å²) in [6, 6.07) is 10.8. The molecule has 1 aromatic carbocycles. The topological polar surface area (TPSA) is 90.6 Å². The van der Waals surface area contributed by atoms with Crippen LogP contribution in [0.1, 0.15) is 16.1 Å². The van der Waals surface area contributed by atoms with Gasteiger partial charge in [-0.15, -0.1) is 0 Å². The zero-order valence-electron chi connectivity index (χ0n) is 12.0. The summed E-state index contributed by atoms with van der Waals surface area (Å²) in [6.07, 6.45) is 1.34. The molecule has 0 saturated heterocycles. The van der Waals surface area contributed by atoms with E-state index in [1.165, 1.54) is 18.3 Å². The van der Waals surface area contributed by atoms with Crippen LogP contribution in [0.15, 0.2) is 53.5 Å². The average Bonchev–Trinajstić information content (AvgIpc) is 3.02. The molecular weight excluding hydrogens is 299 g/mol. The molecule has 0 fully saturated rings. The molecule has 23 heavy (non-hydrogen) atoms. The molecule has 2 aromatic heterocycles. The van der Waals surface area contributed by atoms with Crippen molar-refractivity contribution < 1.29 is 9.18 Å². The monoisotopic (exact) mass is 312 g/mol. The number of aromatic nitrogens is 3. The average molecular weight is 312 g/mol. The molecular formula is C16H13FN4O2. The highest BCUT2D eigenvalue weighted by Gasteiger charge is 2.17. The van der Waals surface area contributed by atoms with Crippen LogP contribution in [0.3, 0.4) is 0 Å². The van der Waals surface area contributed by atoms with Crippen molar-refractivity contribution in [3.05, 3.63) is 76.1 Å². The Kier molecular flexibility index (Phi) is 4.01. The quantitative estimate of drug-likeness (QED) is 0.686. The highest BCUT2D eigenvalue weighted by Crippen LogP contribution is 2.23. The smallest absolute Gasteiger partial charge is 0.255 e. The number of pyridine rings is 1. The Hall–Kier alpha value is -3.22. The minimum absolute atomic E-state index is 0.150. The number of nitrogens with zero attached hydrogens (tertiary/aromatic N) is 1. The molecule has 0 spiro atoms. The van der Waals surface area contributed by atoms with E-state index in [0.29, 0.717) is 11.4 Å². The number of rotatable bonds is 4. The van der Waals surface area contributed by atoms with Gasteiger partial charge in [0.15, 0.2) is 0 Å². The minimum Gasteiger partial charge on any atom is -0.346 e. The van der Waals surface area contributed by atoms with Gasteiger partial charge in [0.25, 0.3) is 5.91 Å². The van der Waals surface area contributed by atoms with Crippen molar-refractivity contribution in [1.82, 2.24) is 20.5 Å². The molecule has 1 amide bonds. The van der Waals surface area contributed by atoms with Crippen molar-refractivity contribution in [2.24, 2.45) is 0 Å². The van der Waals surface area contributed by atoms with Crippen LogP contribution in [-0.2, 0) is 6.54 Å². The van der Waals surface area contributed by atoms with Crippen LogP contribution < -0.4 is 10.9 Å². The van der Waals surface area contributed by atoms with Gasteiger partial charge >= 0.3 is 0 Å². The molecule has 7 heteroatoms. The Bertz CT molecular complexity index is 901. The van der Waals surface area contributed by atoms with E-state index in [2.05, 4.69) is 20.5 Å². The second kappa shape index (κ2) is 6.27. The van der Waals surface area contributed by atoms with E-state index in [9.17, 15) is 14.0 Å². The normalized spacial score (nSPS) is 10.5. The van der Waals surface area contributed by atoms with Crippen molar-refractivity contribution in [3.63, 3.8) is 0 Å². The summed E-state index contributed by atoms with van der Waals surface area (Å²) in [7, 11) is 0. The molecule has 0 saturated carbocycles. The SMILES string of the molecule is O=C(NCc1cccc(=O)[nH]1)c1cn[nH]c1-c1ccccc1F. The number of halogens is 1. The van der Waals surface area contributed by atoms with Gasteiger partial charge in [-0.1, -0.05) is 18.2 Å². The molecule has 3 aromatic rings. The van der Waals surface area contributed by atoms with Crippen LogP contribution in [0.5, 0.6) is 0 Å². The number of carbonyl (C=O) groups excluding carboxylic acids is 1. The van der Waals surface area contributed by atoms with Gasteiger partial charge in [-0.25, -0.2) is 4.39 Å². The molecule has 0 aliphatic rings. The van der Waals surface area contributed by atoms with Gasteiger partial charge in [-0.05, 0) is 18.2 Å². The summed E-state index contributed by atoms with van der Waals surface area (Å²) in [5.74, 6) is -0.861. The van der Waals surface area contributed by atoms with E-state index in [0.717, 1.165) is 0 Å². The van der Waals surface area contributed by atoms with E-state index in [4.69, 9.17) is 0 Å². The first-order valence-corrected chi connectivity index (χ1v) is 6.90. The molecule has 116 valence electrons. The largest absolute Gasteiger partial charge is 0.346 e. The zero-order chi connectivity index (χ0) is 16.2. The van der Waals surface area contributed by atoms with Crippen molar-refractivity contribution in [1.29, 1.82) is 0 Å². The molecule has 0 unspecified atom stereocenters. The van der Waals surface area contributed by atoms with Crippen LogP contribution in [-0.4, -0.2) is 21.1 Å². The number of amides is 1. The second-order valence-corrected chi connectivity index (χ2v) is 4.86. The predicted octanol–water partition coefficient (Wildman–Crippen LogP) is 1.83. The molecule has 6 nitrogen and oxygen atoms in total. The lowest BCUT2D eigenvalue weighted by Gasteiger charge is -2.06. The lowest BCUT2D eigenvalue weighted by molar-refractivity contribution is 0.0951.